The van der Waals surface area contributed by atoms with Gasteiger partial charge < -0.3 is 4.90 Å². The maximum Gasteiger partial charge on any atom is 0.0681 e. The zero-order chi connectivity index (χ0) is 6.97. The van der Waals surface area contributed by atoms with Gasteiger partial charge >= 0.3 is 0 Å². The summed E-state index contributed by atoms with van der Waals surface area (Å²) in [6, 6.07) is 0.593. The topological polar surface area (TPSA) is 15.3 Å². The van der Waals surface area contributed by atoms with E-state index in [4.69, 9.17) is 0 Å². The van der Waals surface area contributed by atoms with Crippen molar-refractivity contribution in [3.63, 3.8) is 0 Å². The lowest BCUT2D eigenvalue weighted by Gasteiger charge is -2.16. The van der Waals surface area contributed by atoms with Crippen LogP contribution >= 0.6 is 0 Å². The smallest absolute Gasteiger partial charge is 0.0681 e. The standard InChI is InChI=1S/C8H12N2/c1-10-6-9-7-4-2-3-5-8(7)10/h2-3,5,7,9H,4,6H2,1H3. The van der Waals surface area contributed by atoms with Crippen LogP contribution in [0.3, 0.4) is 0 Å². The molecule has 1 N–H and O–H groups in total. The molecule has 0 spiro atoms. The highest BCUT2D eigenvalue weighted by atomic mass is 15.3. The van der Waals surface area contributed by atoms with Crippen molar-refractivity contribution in [2.45, 2.75) is 12.5 Å². The summed E-state index contributed by atoms with van der Waals surface area (Å²) in [5, 5.41) is 3.41. The molecule has 0 aromatic carbocycles. The maximum atomic E-state index is 3.41. The van der Waals surface area contributed by atoms with Gasteiger partial charge in [0.25, 0.3) is 0 Å². The van der Waals surface area contributed by atoms with Gasteiger partial charge in [0, 0.05) is 12.7 Å². The second kappa shape index (κ2) is 2.13. The van der Waals surface area contributed by atoms with Crippen molar-refractivity contribution in [2.24, 2.45) is 0 Å². The molecule has 0 saturated carbocycles. The van der Waals surface area contributed by atoms with Crippen molar-refractivity contribution in [3.05, 3.63) is 23.9 Å². The third-order valence-corrected chi connectivity index (χ3v) is 2.15. The summed E-state index contributed by atoms with van der Waals surface area (Å²) in [7, 11) is 2.12. The van der Waals surface area contributed by atoms with Crippen LogP contribution in [0.25, 0.3) is 0 Å². The molecule has 1 atom stereocenters. The van der Waals surface area contributed by atoms with Gasteiger partial charge in [-0.3, -0.25) is 5.32 Å². The number of likely N-dealkylation sites (N-methyl/N-ethyl adjacent to an activating group) is 1. The zero-order valence-corrected chi connectivity index (χ0v) is 6.17. The number of allylic oxidation sites excluding steroid dienone is 2. The van der Waals surface area contributed by atoms with Crippen LogP contribution in [0.15, 0.2) is 23.9 Å². The Labute approximate surface area is 61.2 Å². The van der Waals surface area contributed by atoms with Crippen LogP contribution in [0, 0.1) is 0 Å². The van der Waals surface area contributed by atoms with Crippen molar-refractivity contribution in [1.82, 2.24) is 10.2 Å². The Morgan fingerprint density at radius 2 is 2.60 bits per heavy atom. The van der Waals surface area contributed by atoms with Crippen LogP contribution in [0.1, 0.15) is 6.42 Å². The third-order valence-electron chi connectivity index (χ3n) is 2.15. The van der Waals surface area contributed by atoms with E-state index in [0.29, 0.717) is 6.04 Å². The normalized spacial score (nSPS) is 30.3. The number of rotatable bonds is 0. The van der Waals surface area contributed by atoms with E-state index < -0.39 is 0 Å². The Balaban J connectivity index is 2.25. The quantitative estimate of drug-likeness (QED) is 0.527. The summed E-state index contributed by atoms with van der Waals surface area (Å²) in [6.07, 6.45) is 7.68. The second-order valence-corrected chi connectivity index (χ2v) is 2.87. The number of hydrogen-bond donors (Lipinski definition) is 1. The highest BCUT2D eigenvalue weighted by molar-refractivity contribution is 5.25. The monoisotopic (exact) mass is 136 g/mol. The van der Waals surface area contributed by atoms with E-state index in [1.165, 1.54) is 5.70 Å². The first-order valence-electron chi connectivity index (χ1n) is 3.69. The highest BCUT2D eigenvalue weighted by Crippen LogP contribution is 2.19. The summed E-state index contributed by atoms with van der Waals surface area (Å²) in [5.41, 5.74) is 1.43. The van der Waals surface area contributed by atoms with Gasteiger partial charge in [-0.25, -0.2) is 0 Å². The van der Waals surface area contributed by atoms with Crippen LogP contribution in [0.2, 0.25) is 0 Å². The predicted molar refractivity (Wildman–Crippen MR) is 41.4 cm³/mol. The van der Waals surface area contributed by atoms with Gasteiger partial charge in [0.2, 0.25) is 0 Å². The molecule has 10 heavy (non-hydrogen) atoms. The molecule has 1 aliphatic carbocycles. The first-order chi connectivity index (χ1) is 4.88. The van der Waals surface area contributed by atoms with Crippen LogP contribution in [0.5, 0.6) is 0 Å². The minimum absolute atomic E-state index is 0.593. The SMILES string of the molecule is CN1CNC2CC=CC=C21. The average molecular weight is 136 g/mol. The van der Waals surface area contributed by atoms with Crippen molar-refractivity contribution < 1.29 is 0 Å². The molecule has 2 aliphatic rings. The van der Waals surface area contributed by atoms with E-state index in [1.807, 2.05) is 0 Å². The lowest BCUT2D eigenvalue weighted by molar-refractivity contribution is 0.466. The van der Waals surface area contributed by atoms with Gasteiger partial charge in [0.1, 0.15) is 0 Å². The summed E-state index contributed by atoms with van der Waals surface area (Å²) < 4.78 is 0. The number of nitrogens with zero attached hydrogens (tertiary/aromatic N) is 1. The van der Waals surface area contributed by atoms with E-state index in [2.05, 4.69) is 35.5 Å². The van der Waals surface area contributed by atoms with Crippen molar-refractivity contribution in [1.29, 1.82) is 0 Å². The van der Waals surface area contributed by atoms with Gasteiger partial charge in [-0.2, -0.15) is 0 Å². The summed E-state index contributed by atoms with van der Waals surface area (Å²) in [4.78, 5) is 2.26. The van der Waals surface area contributed by atoms with E-state index in [1.54, 1.807) is 0 Å². The predicted octanol–water partition coefficient (Wildman–Crippen LogP) is 0.691. The first-order valence-corrected chi connectivity index (χ1v) is 3.69. The van der Waals surface area contributed by atoms with Crippen LogP contribution in [-0.2, 0) is 0 Å². The van der Waals surface area contributed by atoms with Gasteiger partial charge in [0.15, 0.2) is 0 Å². The molecule has 0 radical (unpaired) electrons. The molecular formula is C8H12N2. The van der Waals surface area contributed by atoms with E-state index >= 15 is 0 Å². The van der Waals surface area contributed by atoms with Gasteiger partial charge in [-0.1, -0.05) is 12.2 Å². The Bertz CT molecular complexity index is 193. The lowest BCUT2D eigenvalue weighted by Crippen LogP contribution is -2.22. The van der Waals surface area contributed by atoms with Crippen LogP contribution in [0.4, 0.5) is 0 Å². The summed E-state index contributed by atoms with van der Waals surface area (Å²) in [6.45, 7) is 0.998. The zero-order valence-electron chi connectivity index (χ0n) is 6.17. The van der Waals surface area contributed by atoms with Gasteiger partial charge in [0.05, 0.1) is 12.7 Å². The minimum Gasteiger partial charge on any atom is -0.364 e. The number of nitrogens with one attached hydrogen (secondary N) is 1. The minimum atomic E-state index is 0.593. The third kappa shape index (κ3) is 0.762. The Hall–Kier alpha value is -0.760. The molecule has 1 heterocycles. The molecule has 54 valence electrons. The summed E-state index contributed by atoms with van der Waals surface area (Å²) >= 11 is 0. The molecule has 1 saturated heterocycles. The van der Waals surface area contributed by atoms with Crippen molar-refractivity contribution >= 4 is 0 Å². The van der Waals surface area contributed by atoms with E-state index in [0.717, 1.165) is 13.1 Å². The molecule has 1 fully saturated rings. The first kappa shape index (κ1) is 5.98. The fourth-order valence-electron chi connectivity index (χ4n) is 1.54. The highest BCUT2D eigenvalue weighted by Gasteiger charge is 2.23. The van der Waals surface area contributed by atoms with Crippen LogP contribution in [-0.4, -0.2) is 24.7 Å². The number of hydrogen-bond acceptors (Lipinski definition) is 2. The molecule has 1 aliphatic heterocycles. The molecule has 0 bridgehead atoms. The van der Waals surface area contributed by atoms with Crippen LogP contribution < -0.4 is 5.32 Å². The molecule has 0 aromatic heterocycles. The lowest BCUT2D eigenvalue weighted by atomic mass is 10.1. The second-order valence-electron chi connectivity index (χ2n) is 2.87. The Morgan fingerprint density at radius 3 is 3.40 bits per heavy atom. The Morgan fingerprint density at radius 1 is 1.70 bits per heavy atom. The molecule has 2 nitrogen and oxygen atoms in total. The van der Waals surface area contributed by atoms with Crippen molar-refractivity contribution in [2.75, 3.05) is 13.7 Å². The molecule has 0 amide bonds. The number of fused-ring (bicyclic) bond motifs is 1. The van der Waals surface area contributed by atoms with Gasteiger partial charge in [-0.05, 0) is 12.5 Å². The van der Waals surface area contributed by atoms with Crippen molar-refractivity contribution in [3.8, 4) is 0 Å². The average Bonchev–Trinajstić information content (AvgIpc) is 2.34. The molecule has 1 unspecified atom stereocenters. The Kier molecular flexibility index (Phi) is 1.27. The largest absolute Gasteiger partial charge is 0.364 e. The van der Waals surface area contributed by atoms with Gasteiger partial charge in [-0.15, -0.1) is 0 Å². The fourth-order valence-corrected chi connectivity index (χ4v) is 1.54. The molecule has 2 rings (SSSR count). The van der Waals surface area contributed by atoms with E-state index in [-0.39, 0.29) is 0 Å². The maximum absolute atomic E-state index is 3.41. The van der Waals surface area contributed by atoms with E-state index in [9.17, 15) is 0 Å². The molecule has 0 aromatic rings. The molecular weight excluding hydrogens is 124 g/mol. The fraction of sp³-hybridized carbons (Fsp3) is 0.500. The summed E-state index contributed by atoms with van der Waals surface area (Å²) in [5.74, 6) is 0. The molecule has 2 heteroatoms.